The van der Waals surface area contributed by atoms with E-state index in [1.165, 1.54) is 7.11 Å². The molecule has 4 nitrogen and oxygen atoms in total. The summed E-state index contributed by atoms with van der Waals surface area (Å²) in [6, 6.07) is 0. The summed E-state index contributed by atoms with van der Waals surface area (Å²) >= 11 is 0. The van der Waals surface area contributed by atoms with Gasteiger partial charge in [-0.25, -0.2) is 4.79 Å². The van der Waals surface area contributed by atoms with Crippen molar-refractivity contribution >= 4 is 6.09 Å². The summed E-state index contributed by atoms with van der Waals surface area (Å²) in [4.78, 5) is 12.6. The van der Waals surface area contributed by atoms with Crippen molar-refractivity contribution in [2.75, 3.05) is 13.7 Å². The number of piperidine rings is 1. The molecule has 1 atom stereocenters. The standard InChI is InChI=1S/C7H14N2O2/c1-11-7(10)9-5-3-2-4-6(9)8/h6H,2-5,8H2,1H3. The number of ether oxygens (including phenoxy) is 1. The summed E-state index contributed by atoms with van der Waals surface area (Å²) < 4.78 is 4.57. The van der Waals surface area contributed by atoms with Gasteiger partial charge < -0.3 is 10.5 Å². The monoisotopic (exact) mass is 158 g/mol. The average molecular weight is 158 g/mol. The van der Waals surface area contributed by atoms with Gasteiger partial charge >= 0.3 is 6.09 Å². The van der Waals surface area contributed by atoms with Crippen molar-refractivity contribution in [2.45, 2.75) is 25.4 Å². The second kappa shape index (κ2) is 3.57. The first-order valence-electron chi connectivity index (χ1n) is 3.86. The van der Waals surface area contributed by atoms with Crippen LogP contribution in [0, 0.1) is 0 Å². The highest BCUT2D eigenvalue weighted by Gasteiger charge is 2.23. The number of carbonyl (C=O) groups excluding carboxylic acids is 1. The second-order valence-electron chi connectivity index (χ2n) is 2.73. The summed E-state index contributed by atoms with van der Waals surface area (Å²) in [6.45, 7) is 0.730. The molecule has 0 bridgehead atoms. The molecule has 1 aliphatic heterocycles. The van der Waals surface area contributed by atoms with E-state index in [1.807, 2.05) is 0 Å². The van der Waals surface area contributed by atoms with E-state index in [0.29, 0.717) is 0 Å². The first-order valence-corrected chi connectivity index (χ1v) is 3.86. The number of nitrogens with zero attached hydrogens (tertiary/aromatic N) is 1. The normalized spacial score (nSPS) is 24.9. The Morgan fingerprint density at radius 1 is 1.64 bits per heavy atom. The lowest BCUT2D eigenvalue weighted by molar-refractivity contribution is 0.0913. The van der Waals surface area contributed by atoms with Gasteiger partial charge in [0.2, 0.25) is 0 Å². The van der Waals surface area contributed by atoms with Gasteiger partial charge in [-0.05, 0) is 19.3 Å². The van der Waals surface area contributed by atoms with Crippen LogP contribution >= 0.6 is 0 Å². The molecule has 0 spiro atoms. The molecule has 1 rings (SSSR count). The first-order chi connectivity index (χ1) is 5.25. The summed E-state index contributed by atoms with van der Waals surface area (Å²) in [7, 11) is 1.38. The van der Waals surface area contributed by atoms with Crippen LogP contribution in [-0.2, 0) is 4.74 Å². The Hall–Kier alpha value is -0.770. The minimum atomic E-state index is -0.308. The minimum absolute atomic E-state index is 0.142. The molecule has 1 amide bonds. The SMILES string of the molecule is COC(=O)N1CCCCC1N. The van der Waals surface area contributed by atoms with Crippen molar-refractivity contribution in [3.8, 4) is 0 Å². The highest BCUT2D eigenvalue weighted by molar-refractivity contribution is 5.67. The number of amides is 1. The Balaban J connectivity index is 2.47. The van der Waals surface area contributed by atoms with Crippen LogP contribution in [0.5, 0.6) is 0 Å². The Bertz CT molecular complexity index is 149. The molecule has 2 N–H and O–H groups in total. The molecule has 0 aliphatic carbocycles. The fourth-order valence-electron chi connectivity index (χ4n) is 1.30. The predicted molar refractivity (Wildman–Crippen MR) is 40.9 cm³/mol. The largest absolute Gasteiger partial charge is 0.453 e. The summed E-state index contributed by atoms with van der Waals surface area (Å²) in [5.74, 6) is 0. The summed E-state index contributed by atoms with van der Waals surface area (Å²) in [5, 5.41) is 0. The van der Waals surface area contributed by atoms with Gasteiger partial charge in [-0.15, -0.1) is 0 Å². The highest BCUT2D eigenvalue weighted by Crippen LogP contribution is 2.13. The van der Waals surface area contributed by atoms with Crippen LogP contribution in [0.3, 0.4) is 0 Å². The second-order valence-corrected chi connectivity index (χ2v) is 2.73. The molecule has 1 saturated heterocycles. The zero-order chi connectivity index (χ0) is 8.27. The first kappa shape index (κ1) is 8.33. The van der Waals surface area contributed by atoms with Crippen molar-refractivity contribution in [2.24, 2.45) is 5.73 Å². The van der Waals surface area contributed by atoms with Crippen molar-refractivity contribution in [3.05, 3.63) is 0 Å². The van der Waals surface area contributed by atoms with Crippen LogP contribution in [0.15, 0.2) is 0 Å². The van der Waals surface area contributed by atoms with E-state index in [0.717, 1.165) is 25.8 Å². The number of hydrogen-bond donors (Lipinski definition) is 1. The van der Waals surface area contributed by atoms with Gasteiger partial charge in [0.05, 0.1) is 13.3 Å². The molecular formula is C7H14N2O2. The fraction of sp³-hybridized carbons (Fsp3) is 0.857. The molecule has 0 saturated carbocycles. The van der Waals surface area contributed by atoms with E-state index < -0.39 is 0 Å². The van der Waals surface area contributed by atoms with E-state index in [1.54, 1.807) is 4.90 Å². The molecule has 4 heteroatoms. The van der Waals surface area contributed by atoms with Gasteiger partial charge in [-0.2, -0.15) is 0 Å². The molecule has 1 fully saturated rings. The number of rotatable bonds is 0. The smallest absolute Gasteiger partial charge is 0.410 e. The zero-order valence-electron chi connectivity index (χ0n) is 6.75. The Morgan fingerprint density at radius 2 is 2.36 bits per heavy atom. The topological polar surface area (TPSA) is 55.6 Å². The lowest BCUT2D eigenvalue weighted by Crippen LogP contribution is -2.48. The van der Waals surface area contributed by atoms with Crippen LogP contribution in [0.4, 0.5) is 4.79 Å². The predicted octanol–water partition coefficient (Wildman–Crippen LogP) is 0.524. The molecule has 1 unspecified atom stereocenters. The fourth-order valence-corrected chi connectivity index (χ4v) is 1.30. The zero-order valence-corrected chi connectivity index (χ0v) is 6.75. The van der Waals surface area contributed by atoms with E-state index >= 15 is 0 Å². The van der Waals surface area contributed by atoms with Gasteiger partial charge in [0.15, 0.2) is 0 Å². The van der Waals surface area contributed by atoms with E-state index in [2.05, 4.69) is 4.74 Å². The molecule has 0 aromatic rings. The molecule has 1 heterocycles. The quantitative estimate of drug-likeness (QED) is 0.559. The maximum absolute atomic E-state index is 11.0. The maximum Gasteiger partial charge on any atom is 0.410 e. The summed E-state index contributed by atoms with van der Waals surface area (Å²) in [6.07, 6.45) is 2.57. The number of methoxy groups -OCH3 is 1. The van der Waals surface area contributed by atoms with Crippen LogP contribution in [0.25, 0.3) is 0 Å². The molecule has 11 heavy (non-hydrogen) atoms. The van der Waals surface area contributed by atoms with Gasteiger partial charge in [-0.3, -0.25) is 4.90 Å². The van der Waals surface area contributed by atoms with Crippen molar-refractivity contribution in [1.82, 2.24) is 4.90 Å². The maximum atomic E-state index is 11.0. The van der Waals surface area contributed by atoms with E-state index in [4.69, 9.17) is 5.73 Å². The van der Waals surface area contributed by atoms with Gasteiger partial charge in [0, 0.05) is 6.54 Å². The van der Waals surface area contributed by atoms with Crippen molar-refractivity contribution in [1.29, 1.82) is 0 Å². The van der Waals surface area contributed by atoms with Gasteiger partial charge in [-0.1, -0.05) is 0 Å². The molecular weight excluding hydrogens is 144 g/mol. The van der Waals surface area contributed by atoms with Gasteiger partial charge in [0.25, 0.3) is 0 Å². The molecule has 0 aromatic carbocycles. The molecule has 1 aliphatic rings. The third kappa shape index (κ3) is 1.83. The third-order valence-electron chi connectivity index (χ3n) is 1.96. The third-order valence-corrected chi connectivity index (χ3v) is 1.96. The minimum Gasteiger partial charge on any atom is -0.453 e. The lowest BCUT2D eigenvalue weighted by atomic mass is 10.1. The van der Waals surface area contributed by atoms with Crippen LogP contribution in [-0.4, -0.2) is 30.8 Å². The lowest BCUT2D eigenvalue weighted by Gasteiger charge is -2.31. The van der Waals surface area contributed by atoms with E-state index in [-0.39, 0.29) is 12.3 Å². The Morgan fingerprint density at radius 3 is 2.91 bits per heavy atom. The molecule has 0 aromatic heterocycles. The van der Waals surface area contributed by atoms with Crippen LogP contribution in [0.2, 0.25) is 0 Å². The number of hydrogen-bond acceptors (Lipinski definition) is 3. The van der Waals surface area contributed by atoms with Gasteiger partial charge in [0.1, 0.15) is 0 Å². The molecule has 0 radical (unpaired) electrons. The van der Waals surface area contributed by atoms with Crippen LogP contribution in [0.1, 0.15) is 19.3 Å². The van der Waals surface area contributed by atoms with Crippen molar-refractivity contribution < 1.29 is 9.53 Å². The molecule has 64 valence electrons. The number of likely N-dealkylation sites (tertiary alicyclic amines) is 1. The number of nitrogens with two attached hydrogens (primary N) is 1. The summed E-state index contributed by atoms with van der Waals surface area (Å²) in [5.41, 5.74) is 5.68. The van der Waals surface area contributed by atoms with E-state index in [9.17, 15) is 4.79 Å². The van der Waals surface area contributed by atoms with Crippen LogP contribution < -0.4 is 5.73 Å². The Labute approximate surface area is 66.3 Å². The Kier molecular flexibility index (Phi) is 2.70. The average Bonchev–Trinajstić information content (AvgIpc) is 2.04. The van der Waals surface area contributed by atoms with Crippen molar-refractivity contribution in [3.63, 3.8) is 0 Å². The number of carbonyl (C=O) groups is 1. The highest BCUT2D eigenvalue weighted by atomic mass is 16.5.